The van der Waals surface area contributed by atoms with E-state index in [9.17, 15) is 19.5 Å². The monoisotopic (exact) mass is 290 g/mol. The lowest BCUT2D eigenvalue weighted by atomic mass is 10.1. The maximum atomic E-state index is 11.8. The molecule has 0 aromatic rings. The zero-order valence-electron chi connectivity index (χ0n) is 12.3. The summed E-state index contributed by atoms with van der Waals surface area (Å²) in [5, 5.41) is 22.6. The van der Waals surface area contributed by atoms with Crippen LogP contribution in [0, 0.1) is 0 Å². The van der Waals surface area contributed by atoms with Crippen LogP contribution in [0.3, 0.4) is 0 Å². The highest BCUT2D eigenvalue weighted by Gasteiger charge is 2.29. The van der Waals surface area contributed by atoms with Crippen molar-refractivity contribution in [1.29, 1.82) is 0 Å². The molecule has 0 fully saturated rings. The van der Waals surface area contributed by atoms with Gasteiger partial charge in [-0.05, 0) is 34.6 Å². The summed E-state index contributed by atoms with van der Waals surface area (Å²) in [4.78, 5) is 34.0. The summed E-state index contributed by atoms with van der Waals surface area (Å²) < 4.78 is 4.96. The SMILES string of the molecule is C[C@H](NC(=O)[C@@H](NC(=O)OC(C)(C)C)[C@@H](C)O)C(=O)O. The van der Waals surface area contributed by atoms with Crippen LogP contribution in [0.4, 0.5) is 4.79 Å². The third-order valence-corrected chi connectivity index (χ3v) is 2.17. The molecule has 0 radical (unpaired) electrons. The van der Waals surface area contributed by atoms with E-state index in [4.69, 9.17) is 9.84 Å². The van der Waals surface area contributed by atoms with Gasteiger partial charge in [0.15, 0.2) is 0 Å². The van der Waals surface area contributed by atoms with E-state index in [-0.39, 0.29) is 0 Å². The summed E-state index contributed by atoms with van der Waals surface area (Å²) in [6, 6.07) is -2.43. The number of carboxylic acids is 1. The summed E-state index contributed by atoms with van der Waals surface area (Å²) in [6.45, 7) is 7.52. The van der Waals surface area contributed by atoms with Gasteiger partial charge in [-0.25, -0.2) is 4.79 Å². The molecule has 0 aliphatic heterocycles. The van der Waals surface area contributed by atoms with Gasteiger partial charge in [0.05, 0.1) is 6.10 Å². The number of aliphatic hydroxyl groups is 1. The van der Waals surface area contributed by atoms with Gasteiger partial charge in [-0.1, -0.05) is 0 Å². The second-order valence-electron chi connectivity index (χ2n) is 5.43. The third-order valence-electron chi connectivity index (χ3n) is 2.17. The minimum absolute atomic E-state index is 0.752. The van der Waals surface area contributed by atoms with Gasteiger partial charge in [0.25, 0.3) is 0 Å². The Morgan fingerprint density at radius 3 is 1.95 bits per heavy atom. The van der Waals surface area contributed by atoms with E-state index >= 15 is 0 Å². The summed E-state index contributed by atoms with van der Waals surface area (Å²) >= 11 is 0. The number of carbonyl (C=O) groups is 3. The minimum Gasteiger partial charge on any atom is -0.480 e. The summed E-state index contributed by atoms with van der Waals surface area (Å²) in [5.41, 5.74) is -0.752. The van der Waals surface area contributed by atoms with Crippen LogP contribution in [0.15, 0.2) is 0 Å². The van der Waals surface area contributed by atoms with Crippen LogP contribution in [0.5, 0.6) is 0 Å². The molecular weight excluding hydrogens is 268 g/mol. The molecule has 8 heteroatoms. The second kappa shape index (κ2) is 7.09. The van der Waals surface area contributed by atoms with Crippen LogP contribution in [0.2, 0.25) is 0 Å². The first-order valence-corrected chi connectivity index (χ1v) is 6.15. The Bertz CT molecular complexity index is 375. The largest absolute Gasteiger partial charge is 0.480 e. The Hall–Kier alpha value is -1.83. The molecule has 0 heterocycles. The van der Waals surface area contributed by atoms with E-state index in [1.54, 1.807) is 20.8 Å². The molecule has 3 atom stereocenters. The molecule has 0 saturated heterocycles. The number of hydrogen-bond donors (Lipinski definition) is 4. The molecule has 2 amide bonds. The van der Waals surface area contributed by atoms with Crippen molar-refractivity contribution in [2.45, 2.75) is 58.4 Å². The molecule has 4 N–H and O–H groups in total. The first kappa shape index (κ1) is 18.2. The smallest absolute Gasteiger partial charge is 0.408 e. The molecule has 0 aliphatic rings. The lowest BCUT2D eigenvalue weighted by Gasteiger charge is -2.25. The van der Waals surface area contributed by atoms with Gasteiger partial charge in [-0.15, -0.1) is 0 Å². The maximum absolute atomic E-state index is 11.8. The van der Waals surface area contributed by atoms with Crippen molar-refractivity contribution in [3.05, 3.63) is 0 Å². The zero-order chi connectivity index (χ0) is 16.1. The molecule has 0 bridgehead atoms. The summed E-state index contributed by atoms with van der Waals surface area (Å²) in [6.07, 6.45) is -2.08. The lowest BCUT2D eigenvalue weighted by Crippen LogP contribution is -2.55. The third kappa shape index (κ3) is 6.93. The normalized spacial score (nSPS) is 15.7. The standard InChI is InChI=1S/C12H22N2O6/c1-6(10(17)18)13-9(16)8(7(2)15)14-11(19)20-12(3,4)5/h6-8,15H,1-5H3,(H,13,16)(H,14,19)(H,17,18)/t6-,7+,8-/m0/s1. The molecule has 0 aromatic carbocycles. The van der Waals surface area contributed by atoms with Crippen LogP contribution < -0.4 is 10.6 Å². The highest BCUT2D eigenvalue weighted by molar-refractivity contribution is 5.89. The molecule has 0 spiro atoms. The number of ether oxygens (including phenoxy) is 1. The fourth-order valence-electron chi connectivity index (χ4n) is 1.20. The fourth-order valence-corrected chi connectivity index (χ4v) is 1.20. The molecule has 116 valence electrons. The first-order chi connectivity index (χ1) is 8.94. The number of hydrogen-bond acceptors (Lipinski definition) is 5. The Morgan fingerprint density at radius 2 is 1.60 bits per heavy atom. The summed E-state index contributed by atoms with van der Waals surface area (Å²) in [5.74, 6) is -2.03. The van der Waals surface area contributed by atoms with Crippen LogP contribution >= 0.6 is 0 Å². The Morgan fingerprint density at radius 1 is 1.10 bits per heavy atom. The quantitative estimate of drug-likeness (QED) is 0.558. The first-order valence-electron chi connectivity index (χ1n) is 6.15. The lowest BCUT2D eigenvalue weighted by molar-refractivity contribution is -0.142. The Balaban J connectivity index is 4.69. The van der Waals surface area contributed by atoms with Crippen molar-refractivity contribution in [2.75, 3.05) is 0 Å². The molecular formula is C12H22N2O6. The van der Waals surface area contributed by atoms with Crippen molar-refractivity contribution in [3.63, 3.8) is 0 Å². The van der Waals surface area contributed by atoms with E-state index in [1.165, 1.54) is 13.8 Å². The van der Waals surface area contributed by atoms with E-state index in [0.717, 1.165) is 0 Å². The maximum Gasteiger partial charge on any atom is 0.408 e. The molecule has 0 unspecified atom stereocenters. The zero-order valence-corrected chi connectivity index (χ0v) is 12.3. The Labute approximate surface area is 117 Å². The number of amides is 2. The van der Waals surface area contributed by atoms with Crippen LogP contribution in [-0.4, -0.2) is 52.0 Å². The molecule has 0 aliphatic carbocycles. The number of aliphatic carboxylic acids is 1. The van der Waals surface area contributed by atoms with Crippen molar-refractivity contribution in [1.82, 2.24) is 10.6 Å². The van der Waals surface area contributed by atoms with Gasteiger partial charge in [0.1, 0.15) is 17.7 Å². The number of nitrogens with one attached hydrogen (secondary N) is 2. The number of alkyl carbamates (subject to hydrolysis) is 1. The van der Waals surface area contributed by atoms with Crippen LogP contribution in [0.25, 0.3) is 0 Å². The van der Waals surface area contributed by atoms with E-state index < -0.39 is 41.8 Å². The average molecular weight is 290 g/mol. The summed E-state index contributed by atoms with van der Waals surface area (Å²) in [7, 11) is 0. The van der Waals surface area contributed by atoms with E-state index in [2.05, 4.69) is 10.6 Å². The van der Waals surface area contributed by atoms with Crippen molar-refractivity contribution >= 4 is 18.0 Å². The van der Waals surface area contributed by atoms with Crippen molar-refractivity contribution < 1.29 is 29.3 Å². The fraction of sp³-hybridized carbons (Fsp3) is 0.750. The van der Waals surface area contributed by atoms with Gasteiger partial charge in [0.2, 0.25) is 5.91 Å². The molecule has 0 rings (SSSR count). The van der Waals surface area contributed by atoms with Crippen LogP contribution in [-0.2, 0) is 14.3 Å². The molecule has 0 saturated carbocycles. The molecule has 0 aromatic heterocycles. The van der Waals surface area contributed by atoms with E-state index in [1.807, 2.05) is 0 Å². The predicted molar refractivity (Wildman–Crippen MR) is 70.1 cm³/mol. The molecule has 8 nitrogen and oxygen atoms in total. The predicted octanol–water partition coefficient (Wildman–Crippen LogP) is -0.150. The number of carbonyl (C=O) groups excluding carboxylic acids is 2. The van der Waals surface area contributed by atoms with Crippen molar-refractivity contribution in [3.8, 4) is 0 Å². The van der Waals surface area contributed by atoms with Gasteiger partial charge in [0, 0.05) is 0 Å². The number of carboxylic acid groups (broad SMARTS) is 1. The molecule has 20 heavy (non-hydrogen) atoms. The number of aliphatic hydroxyl groups excluding tert-OH is 1. The van der Waals surface area contributed by atoms with Crippen molar-refractivity contribution in [2.24, 2.45) is 0 Å². The topological polar surface area (TPSA) is 125 Å². The minimum atomic E-state index is -1.30. The van der Waals surface area contributed by atoms with Gasteiger partial charge >= 0.3 is 12.1 Å². The highest BCUT2D eigenvalue weighted by atomic mass is 16.6. The average Bonchev–Trinajstić information content (AvgIpc) is 2.22. The van der Waals surface area contributed by atoms with E-state index in [0.29, 0.717) is 0 Å². The number of rotatable bonds is 5. The Kier molecular flexibility index (Phi) is 6.44. The van der Waals surface area contributed by atoms with Crippen LogP contribution in [0.1, 0.15) is 34.6 Å². The highest BCUT2D eigenvalue weighted by Crippen LogP contribution is 2.07. The van der Waals surface area contributed by atoms with Gasteiger partial charge in [-0.2, -0.15) is 0 Å². The van der Waals surface area contributed by atoms with Gasteiger partial charge < -0.3 is 25.6 Å². The second-order valence-corrected chi connectivity index (χ2v) is 5.43. The van der Waals surface area contributed by atoms with Gasteiger partial charge in [-0.3, -0.25) is 9.59 Å².